The van der Waals surface area contributed by atoms with Crippen LogP contribution in [0.2, 0.25) is 0 Å². The van der Waals surface area contributed by atoms with Crippen LogP contribution in [0.3, 0.4) is 0 Å². The SMILES string of the molecule is CCn1nc(-c2cccnc2)cc1N(C)C(=O)C(C)C. The maximum atomic E-state index is 12.1. The van der Waals surface area contributed by atoms with E-state index in [0.717, 1.165) is 17.1 Å². The molecule has 0 unspecified atom stereocenters. The molecular formula is C15H20N4O. The van der Waals surface area contributed by atoms with Crippen molar-refractivity contribution in [3.8, 4) is 11.3 Å². The lowest BCUT2D eigenvalue weighted by molar-refractivity contribution is -0.121. The van der Waals surface area contributed by atoms with Gasteiger partial charge >= 0.3 is 0 Å². The molecule has 0 aliphatic rings. The summed E-state index contributed by atoms with van der Waals surface area (Å²) in [5.74, 6) is 0.851. The van der Waals surface area contributed by atoms with E-state index < -0.39 is 0 Å². The Bertz CT molecular complexity index is 589. The van der Waals surface area contributed by atoms with Gasteiger partial charge in [0.1, 0.15) is 5.82 Å². The average molecular weight is 272 g/mol. The third-order valence-electron chi connectivity index (χ3n) is 3.18. The van der Waals surface area contributed by atoms with Crippen molar-refractivity contribution < 1.29 is 4.79 Å². The fourth-order valence-corrected chi connectivity index (χ4v) is 2.07. The van der Waals surface area contributed by atoms with Crippen LogP contribution in [0.1, 0.15) is 20.8 Å². The van der Waals surface area contributed by atoms with Gasteiger partial charge in [-0.2, -0.15) is 5.10 Å². The quantitative estimate of drug-likeness (QED) is 0.859. The van der Waals surface area contributed by atoms with Crippen LogP contribution in [0, 0.1) is 5.92 Å². The van der Waals surface area contributed by atoms with Crippen molar-refractivity contribution in [3.63, 3.8) is 0 Å². The third kappa shape index (κ3) is 2.71. The fraction of sp³-hybridized carbons (Fsp3) is 0.400. The van der Waals surface area contributed by atoms with E-state index in [4.69, 9.17) is 0 Å². The molecule has 20 heavy (non-hydrogen) atoms. The van der Waals surface area contributed by atoms with Gasteiger partial charge < -0.3 is 0 Å². The predicted molar refractivity (Wildman–Crippen MR) is 79.4 cm³/mol. The van der Waals surface area contributed by atoms with E-state index in [1.165, 1.54) is 0 Å². The van der Waals surface area contributed by atoms with Crippen molar-refractivity contribution in [2.75, 3.05) is 11.9 Å². The molecule has 0 spiro atoms. The topological polar surface area (TPSA) is 51.0 Å². The van der Waals surface area contributed by atoms with Gasteiger partial charge in [-0.25, -0.2) is 4.68 Å². The summed E-state index contributed by atoms with van der Waals surface area (Å²) in [5.41, 5.74) is 1.78. The summed E-state index contributed by atoms with van der Waals surface area (Å²) >= 11 is 0. The zero-order chi connectivity index (χ0) is 14.7. The van der Waals surface area contributed by atoms with Crippen molar-refractivity contribution in [2.24, 2.45) is 5.92 Å². The van der Waals surface area contributed by atoms with Crippen molar-refractivity contribution in [1.29, 1.82) is 0 Å². The maximum Gasteiger partial charge on any atom is 0.230 e. The van der Waals surface area contributed by atoms with Gasteiger partial charge in [0.2, 0.25) is 5.91 Å². The molecule has 0 radical (unpaired) electrons. The number of hydrogen-bond donors (Lipinski definition) is 0. The Balaban J connectivity index is 2.40. The zero-order valence-corrected chi connectivity index (χ0v) is 12.4. The minimum absolute atomic E-state index is 0.0398. The number of amides is 1. The van der Waals surface area contributed by atoms with Gasteiger partial charge in [0.15, 0.2) is 0 Å². The second-order valence-electron chi connectivity index (χ2n) is 5.00. The predicted octanol–water partition coefficient (Wildman–Crippen LogP) is 2.58. The molecule has 0 saturated heterocycles. The lowest BCUT2D eigenvalue weighted by atomic mass is 10.2. The first-order chi connectivity index (χ1) is 9.54. The second kappa shape index (κ2) is 5.86. The highest BCUT2D eigenvalue weighted by atomic mass is 16.2. The molecule has 2 aromatic rings. The van der Waals surface area contributed by atoms with E-state index in [9.17, 15) is 4.79 Å². The molecule has 0 bridgehead atoms. The van der Waals surface area contributed by atoms with Crippen LogP contribution >= 0.6 is 0 Å². The first-order valence-electron chi connectivity index (χ1n) is 6.80. The minimum atomic E-state index is -0.0398. The Hall–Kier alpha value is -2.17. The lowest BCUT2D eigenvalue weighted by Crippen LogP contribution is -2.32. The van der Waals surface area contributed by atoms with E-state index in [1.54, 1.807) is 24.3 Å². The smallest absolute Gasteiger partial charge is 0.230 e. The average Bonchev–Trinajstić information content (AvgIpc) is 2.90. The number of anilines is 1. The Labute approximate surface area is 119 Å². The van der Waals surface area contributed by atoms with Gasteiger partial charge in [0, 0.05) is 43.5 Å². The molecule has 0 fully saturated rings. The van der Waals surface area contributed by atoms with E-state index in [-0.39, 0.29) is 11.8 Å². The Morgan fingerprint density at radius 2 is 2.20 bits per heavy atom. The molecule has 0 saturated carbocycles. The molecule has 5 heteroatoms. The standard InChI is InChI=1S/C15H20N4O/c1-5-19-14(18(4)15(20)11(2)3)9-13(17-19)12-7-6-8-16-10-12/h6-11H,5H2,1-4H3. The van der Waals surface area contributed by atoms with Gasteiger partial charge in [-0.1, -0.05) is 13.8 Å². The highest BCUT2D eigenvalue weighted by Crippen LogP contribution is 2.24. The van der Waals surface area contributed by atoms with Crippen LogP contribution in [0.25, 0.3) is 11.3 Å². The van der Waals surface area contributed by atoms with Crippen LogP contribution in [-0.2, 0) is 11.3 Å². The molecule has 0 aliphatic heterocycles. The highest BCUT2D eigenvalue weighted by molar-refractivity contribution is 5.93. The van der Waals surface area contributed by atoms with Crippen LogP contribution < -0.4 is 4.90 Å². The van der Waals surface area contributed by atoms with E-state index >= 15 is 0 Å². The second-order valence-corrected chi connectivity index (χ2v) is 5.00. The molecule has 1 amide bonds. The minimum Gasteiger partial charge on any atom is -0.300 e. The number of nitrogens with zero attached hydrogens (tertiary/aromatic N) is 4. The Morgan fingerprint density at radius 3 is 2.75 bits per heavy atom. The molecule has 5 nitrogen and oxygen atoms in total. The van der Waals surface area contributed by atoms with Gasteiger partial charge in [-0.05, 0) is 19.1 Å². The van der Waals surface area contributed by atoms with Crippen LogP contribution in [0.4, 0.5) is 5.82 Å². The monoisotopic (exact) mass is 272 g/mol. The Morgan fingerprint density at radius 1 is 1.45 bits per heavy atom. The molecule has 0 aromatic carbocycles. The van der Waals surface area contributed by atoms with Gasteiger partial charge in [-0.15, -0.1) is 0 Å². The third-order valence-corrected chi connectivity index (χ3v) is 3.18. The summed E-state index contributed by atoms with van der Waals surface area (Å²) < 4.78 is 1.84. The van der Waals surface area contributed by atoms with Crippen molar-refractivity contribution in [3.05, 3.63) is 30.6 Å². The summed E-state index contributed by atoms with van der Waals surface area (Å²) in [6.07, 6.45) is 3.51. The number of aromatic nitrogens is 3. The number of carbonyl (C=O) groups excluding carboxylic acids is 1. The molecule has 0 N–H and O–H groups in total. The molecular weight excluding hydrogens is 252 g/mol. The normalized spacial score (nSPS) is 10.8. The van der Waals surface area contributed by atoms with Crippen molar-refractivity contribution in [2.45, 2.75) is 27.3 Å². The fourth-order valence-electron chi connectivity index (χ4n) is 2.07. The molecule has 0 aliphatic carbocycles. The van der Waals surface area contributed by atoms with Crippen molar-refractivity contribution in [1.82, 2.24) is 14.8 Å². The summed E-state index contributed by atoms with van der Waals surface area (Å²) in [6.45, 7) is 6.52. The highest BCUT2D eigenvalue weighted by Gasteiger charge is 2.19. The molecule has 2 rings (SSSR count). The molecule has 106 valence electrons. The largest absolute Gasteiger partial charge is 0.300 e. The maximum absolute atomic E-state index is 12.1. The lowest BCUT2D eigenvalue weighted by Gasteiger charge is -2.19. The summed E-state index contributed by atoms with van der Waals surface area (Å²) in [7, 11) is 1.79. The molecule has 0 atom stereocenters. The van der Waals surface area contributed by atoms with Gasteiger partial charge in [-0.3, -0.25) is 14.7 Å². The summed E-state index contributed by atoms with van der Waals surface area (Å²) in [6, 6.07) is 5.77. The summed E-state index contributed by atoms with van der Waals surface area (Å²) in [4.78, 5) is 17.9. The molecule has 2 heterocycles. The summed E-state index contributed by atoms with van der Waals surface area (Å²) in [5, 5.41) is 4.54. The molecule has 2 aromatic heterocycles. The zero-order valence-electron chi connectivity index (χ0n) is 12.4. The van der Waals surface area contributed by atoms with Crippen LogP contribution in [0.15, 0.2) is 30.6 Å². The first kappa shape index (κ1) is 14.2. The van der Waals surface area contributed by atoms with E-state index in [0.29, 0.717) is 6.54 Å². The van der Waals surface area contributed by atoms with Gasteiger partial charge in [0.05, 0.1) is 5.69 Å². The first-order valence-corrected chi connectivity index (χ1v) is 6.80. The van der Waals surface area contributed by atoms with Gasteiger partial charge in [0.25, 0.3) is 0 Å². The van der Waals surface area contributed by atoms with Crippen LogP contribution in [0.5, 0.6) is 0 Å². The van der Waals surface area contributed by atoms with E-state index in [2.05, 4.69) is 10.1 Å². The van der Waals surface area contributed by atoms with Crippen LogP contribution in [-0.4, -0.2) is 27.7 Å². The van der Waals surface area contributed by atoms with Crippen molar-refractivity contribution >= 4 is 11.7 Å². The van der Waals surface area contributed by atoms with E-state index in [1.807, 2.05) is 43.7 Å². The Kier molecular flexibility index (Phi) is 4.17. The number of rotatable bonds is 4. The number of hydrogen-bond acceptors (Lipinski definition) is 3. The number of pyridine rings is 1. The number of aryl methyl sites for hydroxylation is 1. The number of carbonyl (C=O) groups is 1.